The highest BCUT2D eigenvalue weighted by Crippen LogP contribution is 2.42. The standard InChI is InChI=1S/C36H51N3O5/c1-4-22-39(32-10-7-8-11-32)24-33-26(2)35(30-17-15-29(25-40)16-18-30)44-36(43-33)31-19-13-28(14-20-31)23-38-34(42)12-6-5-9-21-37-27(3)41/h4,13-20,26,32-33,35-36,40H,1,5-12,21-25H2,2-3H3,(H,37,41)(H,38,42). The molecule has 0 spiro atoms. The van der Waals surface area contributed by atoms with Crippen LogP contribution in [0.15, 0.2) is 61.2 Å². The van der Waals surface area contributed by atoms with E-state index in [9.17, 15) is 14.7 Å². The summed E-state index contributed by atoms with van der Waals surface area (Å²) in [4.78, 5) is 25.8. The van der Waals surface area contributed by atoms with Gasteiger partial charge in [-0.15, -0.1) is 6.58 Å². The smallest absolute Gasteiger partial charge is 0.220 e. The van der Waals surface area contributed by atoms with Crippen LogP contribution in [0.2, 0.25) is 0 Å². The lowest BCUT2D eigenvalue weighted by Crippen LogP contribution is -2.47. The van der Waals surface area contributed by atoms with E-state index in [1.165, 1.54) is 32.6 Å². The van der Waals surface area contributed by atoms with Crippen LogP contribution >= 0.6 is 0 Å². The minimum absolute atomic E-state index is 0.0142. The van der Waals surface area contributed by atoms with Crippen LogP contribution in [-0.4, -0.2) is 53.6 Å². The van der Waals surface area contributed by atoms with Gasteiger partial charge in [-0.2, -0.15) is 0 Å². The second-order valence-electron chi connectivity index (χ2n) is 12.3. The Morgan fingerprint density at radius 3 is 2.30 bits per heavy atom. The number of benzene rings is 2. The largest absolute Gasteiger partial charge is 0.392 e. The molecule has 240 valence electrons. The zero-order chi connectivity index (χ0) is 31.3. The van der Waals surface area contributed by atoms with Crippen LogP contribution in [0.25, 0.3) is 0 Å². The van der Waals surface area contributed by atoms with E-state index in [4.69, 9.17) is 9.47 Å². The average Bonchev–Trinajstić information content (AvgIpc) is 3.58. The highest BCUT2D eigenvalue weighted by molar-refractivity contribution is 5.75. The van der Waals surface area contributed by atoms with Gasteiger partial charge in [-0.25, -0.2) is 0 Å². The van der Waals surface area contributed by atoms with Crippen LogP contribution < -0.4 is 10.6 Å². The molecule has 1 saturated heterocycles. The summed E-state index contributed by atoms with van der Waals surface area (Å²) in [6, 6.07) is 16.7. The maximum Gasteiger partial charge on any atom is 0.220 e. The third-order valence-electron chi connectivity index (χ3n) is 8.94. The minimum atomic E-state index is -0.519. The Labute approximate surface area is 263 Å². The number of aliphatic hydroxyl groups is 1. The first-order valence-corrected chi connectivity index (χ1v) is 16.3. The van der Waals surface area contributed by atoms with Crippen molar-refractivity contribution >= 4 is 11.8 Å². The number of nitrogens with zero attached hydrogens (tertiary/aromatic N) is 1. The molecule has 8 heteroatoms. The summed E-state index contributed by atoms with van der Waals surface area (Å²) in [5.41, 5.74) is 3.93. The predicted molar refractivity (Wildman–Crippen MR) is 172 cm³/mol. The van der Waals surface area contributed by atoms with Crippen molar-refractivity contribution in [2.45, 2.75) is 103 Å². The molecule has 0 aromatic heterocycles. The van der Waals surface area contributed by atoms with Crippen LogP contribution in [0.4, 0.5) is 0 Å². The number of ether oxygens (including phenoxy) is 2. The molecule has 4 rings (SSSR count). The maximum atomic E-state index is 12.3. The van der Waals surface area contributed by atoms with Crippen molar-refractivity contribution < 1.29 is 24.2 Å². The Bertz CT molecular complexity index is 1180. The highest BCUT2D eigenvalue weighted by atomic mass is 16.7. The molecule has 2 aromatic rings. The summed E-state index contributed by atoms with van der Waals surface area (Å²) in [6.45, 7) is 10.5. The van der Waals surface area contributed by atoms with Crippen LogP contribution in [0, 0.1) is 5.92 Å². The van der Waals surface area contributed by atoms with Gasteiger partial charge in [0.1, 0.15) is 0 Å². The van der Waals surface area contributed by atoms with E-state index < -0.39 is 6.29 Å². The normalized spacial score (nSPS) is 22.2. The Kier molecular flexibility index (Phi) is 13.4. The second-order valence-corrected chi connectivity index (χ2v) is 12.3. The molecule has 2 amide bonds. The van der Waals surface area contributed by atoms with Crippen LogP contribution in [0.1, 0.15) is 99.9 Å². The van der Waals surface area contributed by atoms with E-state index >= 15 is 0 Å². The summed E-state index contributed by atoms with van der Waals surface area (Å²) >= 11 is 0. The third kappa shape index (κ3) is 9.99. The van der Waals surface area contributed by atoms with Gasteiger partial charge < -0.3 is 25.2 Å². The van der Waals surface area contributed by atoms with Gasteiger partial charge in [-0.3, -0.25) is 14.5 Å². The summed E-state index contributed by atoms with van der Waals surface area (Å²) in [5, 5.41) is 15.3. The SMILES string of the molecule is C=CCN(CC1OC(c2ccc(CNC(=O)CCCCCNC(C)=O)cc2)OC(c2ccc(CO)cc2)C1C)C1CCCC1. The molecule has 0 radical (unpaired) electrons. The average molecular weight is 606 g/mol. The molecule has 44 heavy (non-hydrogen) atoms. The number of aliphatic hydroxyl groups excluding tert-OH is 1. The Morgan fingerprint density at radius 1 is 0.955 bits per heavy atom. The molecule has 1 aliphatic carbocycles. The molecule has 1 heterocycles. The molecule has 2 aliphatic rings. The van der Waals surface area contributed by atoms with Crippen molar-refractivity contribution in [3.63, 3.8) is 0 Å². The van der Waals surface area contributed by atoms with Crippen molar-refractivity contribution in [1.29, 1.82) is 0 Å². The number of nitrogens with one attached hydrogen (secondary N) is 2. The van der Waals surface area contributed by atoms with Gasteiger partial charge in [-0.1, -0.05) is 80.8 Å². The first kappa shape index (κ1) is 33.8. The van der Waals surface area contributed by atoms with Gasteiger partial charge in [-0.05, 0) is 42.4 Å². The van der Waals surface area contributed by atoms with Gasteiger partial charge >= 0.3 is 0 Å². The topological polar surface area (TPSA) is 100 Å². The summed E-state index contributed by atoms with van der Waals surface area (Å²) in [7, 11) is 0. The summed E-state index contributed by atoms with van der Waals surface area (Å²) in [6.07, 6.45) is 9.34. The van der Waals surface area contributed by atoms with E-state index in [1.54, 1.807) is 0 Å². The van der Waals surface area contributed by atoms with E-state index in [-0.39, 0.29) is 36.5 Å². The maximum absolute atomic E-state index is 12.3. The van der Waals surface area contributed by atoms with Crippen molar-refractivity contribution in [3.05, 3.63) is 83.4 Å². The molecular weight excluding hydrogens is 554 g/mol. The number of carbonyl (C=O) groups is 2. The fraction of sp³-hybridized carbons (Fsp3) is 0.556. The molecule has 0 bridgehead atoms. The molecule has 2 aromatic carbocycles. The van der Waals surface area contributed by atoms with E-state index in [1.807, 2.05) is 42.5 Å². The minimum Gasteiger partial charge on any atom is -0.392 e. The molecule has 8 nitrogen and oxygen atoms in total. The van der Waals surface area contributed by atoms with Crippen LogP contribution in [0.3, 0.4) is 0 Å². The van der Waals surface area contributed by atoms with Gasteiger partial charge in [0.25, 0.3) is 0 Å². The van der Waals surface area contributed by atoms with E-state index in [0.717, 1.165) is 54.6 Å². The van der Waals surface area contributed by atoms with E-state index in [0.29, 0.717) is 25.6 Å². The predicted octanol–water partition coefficient (Wildman–Crippen LogP) is 5.71. The fourth-order valence-corrected chi connectivity index (χ4v) is 6.30. The van der Waals surface area contributed by atoms with Gasteiger partial charge in [0.15, 0.2) is 6.29 Å². The molecule has 3 N–H and O–H groups in total. The fourth-order valence-electron chi connectivity index (χ4n) is 6.30. The second kappa shape index (κ2) is 17.4. The number of rotatable bonds is 16. The Hall–Kier alpha value is -3.04. The monoisotopic (exact) mass is 605 g/mol. The number of amides is 2. The summed E-state index contributed by atoms with van der Waals surface area (Å²) < 4.78 is 13.4. The summed E-state index contributed by atoms with van der Waals surface area (Å²) in [5.74, 6) is 0.137. The number of unbranched alkanes of at least 4 members (excludes halogenated alkanes) is 2. The molecule has 4 unspecified atom stereocenters. The lowest BCUT2D eigenvalue weighted by Gasteiger charge is -2.43. The molecule has 4 atom stereocenters. The Morgan fingerprint density at radius 2 is 1.64 bits per heavy atom. The van der Waals surface area contributed by atoms with Crippen molar-refractivity contribution in [2.24, 2.45) is 5.92 Å². The lowest BCUT2D eigenvalue weighted by atomic mass is 9.89. The molecule has 1 saturated carbocycles. The molecular formula is C36H51N3O5. The van der Waals surface area contributed by atoms with Crippen molar-refractivity contribution in [1.82, 2.24) is 15.5 Å². The van der Waals surface area contributed by atoms with Gasteiger partial charge in [0.05, 0.1) is 18.8 Å². The third-order valence-corrected chi connectivity index (χ3v) is 8.94. The first-order valence-electron chi connectivity index (χ1n) is 16.3. The first-order chi connectivity index (χ1) is 21.4. The molecule has 1 aliphatic heterocycles. The molecule has 2 fully saturated rings. The Balaban J connectivity index is 1.39. The quantitative estimate of drug-likeness (QED) is 0.167. The zero-order valence-corrected chi connectivity index (χ0v) is 26.5. The van der Waals surface area contributed by atoms with Crippen LogP contribution in [-0.2, 0) is 32.2 Å². The van der Waals surface area contributed by atoms with Gasteiger partial charge in [0, 0.05) is 57.0 Å². The zero-order valence-electron chi connectivity index (χ0n) is 26.5. The lowest BCUT2D eigenvalue weighted by molar-refractivity contribution is -0.276. The van der Waals surface area contributed by atoms with Gasteiger partial charge in [0.2, 0.25) is 11.8 Å². The number of carbonyl (C=O) groups excluding carboxylic acids is 2. The van der Waals surface area contributed by atoms with Crippen molar-refractivity contribution in [3.8, 4) is 0 Å². The number of hydrogen-bond donors (Lipinski definition) is 3. The number of hydrogen-bond acceptors (Lipinski definition) is 6. The highest BCUT2D eigenvalue weighted by Gasteiger charge is 2.40. The van der Waals surface area contributed by atoms with Crippen LogP contribution in [0.5, 0.6) is 0 Å². The van der Waals surface area contributed by atoms with Crippen molar-refractivity contribution in [2.75, 3.05) is 19.6 Å². The van der Waals surface area contributed by atoms with E-state index in [2.05, 4.69) is 41.2 Å².